The average Bonchev–Trinajstić information content (AvgIpc) is 3.17. The van der Waals surface area contributed by atoms with Crippen LogP contribution in [-0.2, 0) is 12.1 Å². The van der Waals surface area contributed by atoms with Gasteiger partial charge in [0.05, 0.1) is 24.3 Å². The summed E-state index contributed by atoms with van der Waals surface area (Å²) in [6, 6.07) is 8.38. The quantitative estimate of drug-likeness (QED) is 0.455. The highest BCUT2D eigenvalue weighted by atomic mass is 19.1. The lowest BCUT2D eigenvalue weighted by Gasteiger charge is -2.30. The molecule has 0 fully saturated rings. The highest BCUT2D eigenvalue weighted by Gasteiger charge is 2.30. The Morgan fingerprint density at radius 1 is 1.16 bits per heavy atom. The maximum Gasteiger partial charge on any atom is 0.166 e. The summed E-state index contributed by atoms with van der Waals surface area (Å²) in [6.07, 6.45) is 6.31. The minimum absolute atomic E-state index is 0.185. The topological polar surface area (TPSA) is 116 Å². The number of ether oxygens (including phenoxy) is 1. The maximum absolute atomic E-state index is 14.3. The number of halogens is 1. The number of rotatable bonds is 0. The molecule has 0 radical (unpaired) electrons. The fourth-order valence-corrected chi connectivity index (χ4v) is 4.00. The number of nitrogens with zero attached hydrogens (tertiary/aromatic N) is 6. The third-order valence-corrected chi connectivity index (χ3v) is 5.50. The third kappa shape index (κ3) is 3.13. The van der Waals surface area contributed by atoms with Crippen LogP contribution >= 0.6 is 0 Å². The van der Waals surface area contributed by atoms with Crippen LogP contribution in [0.1, 0.15) is 30.8 Å². The lowest BCUT2D eigenvalue weighted by molar-refractivity contribution is 0.109. The molecule has 0 amide bonds. The van der Waals surface area contributed by atoms with E-state index in [1.807, 2.05) is 18.4 Å². The monoisotopic (exact) mass is 427 g/mol. The summed E-state index contributed by atoms with van der Waals surface area (Å²) >= 11 is 0. The summed E-state index contributed by atoms with van der Waals surface area (Å²) in [4.78, 5) is 17.2. The molecule has 5 rings (SSSR count). The van der Waals surface area contributed by atoms with Gasteiger partial charge in [-0.25, -0.2) is 24.3 Å². The van der Waals surface area contributed by atoms with E-state index >= 15 is 0 Å². The fourth-order valence-electron chi connectivity index (χ4n) is 4.00. The molecule has 0 aliphatic carbocycles. The number of pyridine rings is 1. The van der Waals surface area contributed by atoms with Gasteiger partial charge in [0.1, 0.15) is 23.8 Å². The van der Waals surface area contributed by atoms with Gasteiger partial charge in [-0.05, 0) is 37.6 Å². The van der Waals surface area contributed by atoms with Crippen molar-refractivity contribution in [3.63, 3.8) is 0 Å². The Morgan fingerprint density at radius 3 is 2.81 bits per heavy atom. The van der Waals surface area contributed by atoms with Gasteiger partial charge >= 0.3 is 0 Å². The first kappa shape index (κ1) is 19.6. The second-order valence-corrected chi connectivity index (χ2v) is 7.97. The van der Waals surface area contributed by atoms with Gasteiger partial charge in [0, 0.05) is 29.1 Å². The zero-order valence-electron chi connectivity index (χ0n) is 17.4. The van der Waals surface area contributed by atoms with Gasteiger partial charge in [-0.15, -0.1) is 0 Å². The van der Waals surface area contributed by atoms with Crippen LogP contribution in [-0.4, -0.2) is 24.5 Å². The highest BCUT2D eigenvalue weighted by molar-refractivity contribution is 5.72. The minimum atomic E-state index is -0.976. The predicted octanol–water partition coefficient (Wildman–Crippen LogP) is 3.67. The molecule has 1 aliphatic heterocycles. The van der Waals surface area contributed by atoms with Crippen LogP contribution in [0.5, 0.6) is 5.75 Å². The van der Waals surface area contributed by atoms with Gasteiger partial charge in [0.25, 0.3) is 0 Å². The van der Waals surface area contributed by atoms with Crippen molar-refractivity contribution >= 4 is 5.82 Å². The smallest absolute Gasteiger partial charge is 0.166 e. The standard InChI is InChI=1S/C23H18FN7O/c1-23(2)17-6-14(24)3-4-15(17)16-9-27-11-29-19(16)10-31-12-30-18(7-25)21(31)13-5-20(32-23)22(26)28-8-13/h3-6,8-9,11-12H,10H2,1-2H3,(H2,26,28). The molecule has 1 aromatic carbocycles. The van der Waals surface area contributed by atoms with Crippen molar-refractivity contribution in [2.75, 3.05) is 5.73 Å². The largest absolute Gasteiger partial charge is 0.479 e. The van der Waals surface area contributed by atoms with Crippen molar-refractivity contribution in [3.8, 4) is 34.2 Å². The van der Waals surface area contributed by atoms with Crippen LogP contribution in [0.3, 0.4) is 0 Å². The molecule has 1 aliphatic rings. The first-order valence-corrected chi connectivity index (χ1v) is 9.87. The molecule has 0 spiro atoms. The van der Waals surface area contributed by atoms with E-state index in [2.05, 4.69) is 26.0 Å². The summed E-state index contributed by atoms with van der Waals surface area (Å²) in [5, 5.41) is 9.63. The average molecular weight is 427 g/mol. The molecular formula is C23H18FN7O. The number of fused-ring (bicyclic) bond motifs is 7. The summed E-state index contributed by atoms with van der Waals surface area (Å²) in [7, 11) is 0. The van der Waals surface area contributed by atoms with E-state index in [4.69, 9.17) is 10.5 Å². The van der Waals surface area contributed by atoms with Crippen molar-refractivity contribution in [2.24, 2.45) is 0 Å². The van der Waals surface area contributed by atoms with E-state index in [1.54, 1.807) is 30.9 Å². The number of nitrogens with two attached hydrogens (primary N) is 1. The van der Waals surface area contributed by atoms with E-state index in [0.717, 1.165) is 11.1 Å². The van der Waals surface area contributed by atoms with Gasteiger partial charge in [0.2, 0.25) is 0 Å². The Labute approximate surface area is 183 Å². The second kappa shape index (κ2) is 7.13. The summed E-state index contributed by atoms with van der Waals surface area (Å²) in [5.41, 5.74) is 9.34. The molecule has 2 N–H and O–H groups in total. The first-order chi connectivity index (χ1) is 15.4. The lowest BCUT2D eigenvalue weighted by atomic mass is 9.88. The number of hydrogen-bond acceptors (Lipinski definition) is 7. The molecule has 0 saturated heterocycles. The number of anilines is 1. The number of benzene rings is 1. The Hall–Kier alpha value is -4.32. The Bertz CT molecular complexity index is 1400. The van der Waals surface area contributed by atoms with Crippen molar-refractivity contribution < 1.29 is 9.13 Å². The molecule has 4 heterocycles. The first-order valence-electron chi connectivity index (χ1n) is 9.87. The highest BCUT2D eigenvalue weighted by Crippen LogP contribution is 2.40. The van der Waals surface area contributed by atoms with Crippen LogP contribution in [0.2, 0.25) is 0 Å². The second-order valence-electron chi connectivity index (χ2n) is 7.97. The van der Waals surface area contributed by atoms with Gasteiger partial charge in [-0.1, -0.05) is 6.07 Å². The number of nitrogen functional groups attached to an aromatic ring is 1. The normalized spacial score (nSPS) is 13.9. The van der Waals surface area contributed by atoms with Crippen LogP contribution in [0.25, 0.3) is 22.4 Å². The Morgan fingerprint density at radius 2 is 2.00 bits per heavy atom. The summed E-state index contributed by atoms with van der Waals surface area (Å²) < 4.78 is 22.5. The molecule has 3 aromatic heterocycles. The molecule has 158 valence electrons. The zero-order valence-corrected chi connectivity index (χ0v) is 17.4. The van der Waals surface area contributed by atoms with E-state index in [1.165, 1.54) is 18.5 Å². The lowest BCUT2D eigenvalue weighted by Crippen LogP contribution is -2.27. The fraction of sp³-hybridized carbons (Fsp3) is 0.174. The number of aromatic nitrogens is 5. The van der Waals surface area contributed by atoms with Crippen molar-refractivity contribution in [3.05, 3.63) is 72.1 Å². The van der Waals surface area contributed by atoms with Gasteiger partial charge in [0.15, 0.2) is 17.3 Å². The number of imidazole rings is 1. The van der Waals surface area contributed by atoms with Crippen molar-refractivity contribution in [1.29, 1.82) is 5.26 Å². The van der Waals surface area contributed by atoms with E-state index in [-0.39, 0.29) is 17.3 Å². The van der Waals surface area contributed by atoms with E-state index < -0.39 is 5.60 Å². The minimum Gasteiger partial charge on any atom is -0.479 e. The number of hydrogen-bond donors (Lipinski definition) is 1. The molecule has 0 unspecified atom stereocenters. The van der Waals surface area contributed by atoms with Crippen LogP contribution in [0, 0.1) is 17.1 Å². The van der Waals surface area contributed by atoms with Crippen LogP contribution in [0.15, 0.2) is 49.3 Å². The molecule has 0 atom stereocenters. The molecule has 4 aromatic rings. The third-order valence-electron chi connectivity index (χ3n) is 5.50. The van der Waals surface area contributed by atoms with Gasteiger partial charge in [-0.2, -0.15) is 5.26 Å². The zero-order chi connectivity index (χ0) is 22.5. The Balaban J connectivity index is 1.86. The van der Waals surface area contributed by atoms with E-state index in [0.29, 0.717) is 34.8 Å². The van der Waals surface area contributed by atoms with E-state index in [9.17, 15) is 9.65 Å². The van der Waals surface area contributed by atoms with Crippen LogP contribution < -0.4 is 10.5 Å². The van der Waals surface area contributed by atoms with Crippen molar-refractivity contribution in [1.82, 2.24) is 24.5 Å². The maximum atomic E-state index is 14.3. The Kier molecular flexibility index (Phi) is 4.37. The SMILES string of the molecule is CC1(C)Oc2cc(cnc2N)-c2c(C#N)ncn2Cc2ncncc2-c2ccc(F)cc21. The van der Waals surface area contributed by atoms with Gasteiger partial charge in [-0.3, -0.25) is 0 Å². The molecule has 32 heavy (non-hydrogen) atoms. The molecule has 8 nitrogen and oxygen atoms in total. The summed E-state index contributed by atoms with van der Waals surface area (Å²) in [5.74, 6) is 0.121. The van der Waals surface area contributed by atoms with Gasteiger partial charge < -0.3 is 15.0 Å². The van der Waals surface area contributed by atoms with Crippen LogP contribution in [0.4, 0.5) is 10.2 Å². The number of nitriles is 1. The molecule has 2 bridgehead atoms. The summed E-state index contributed by atoms with van der Waals surface area (Å²) in [6.45, 7) is 3.98. The molecule has 0 saturated carbocycles. The predicted molar refractivity (Wildman–Crippen MR) is 115 cm³/mol. The molecular weight excluding hydrogens is 409 g/mol. The molecule has 9 heteroatoms. The van der Waals surface area contributed by atoms with Crippen molar-refractivity contribution in [2.45, 2.75) is 26.0 Å².